The number of hydrogen-bond donors (Lipinski definition) is 2. The fourth-order valence-corrected chi connectivity index (χ4v) is 3.47. The molecule has 2 atom stereocenters. The van der Waals surface area contributed by atoms with Crippen molar-refractivity contribution in [1.82, 2.24) is 20.4 Å². The molecule has 9 heteroatoms. The van der Waals surface area contributed by atoms with Gasteiger partial charge in [-0.25, -0.2) is 0 Å². The van der Waals surface area contributed by atoms with E-state index in [4.69, 9.17) is 4.74 Å². The number of likely N-dealkylation sites (tertiary alicyclic amines) is 1. The van der Waals surface area contributed by atoms with Gasteiger partial charge in [0.15, 0.2) is 0 Å². The van der Waals surface area contributed by atoms with E-state index < -0.39 is 6.04 Å². The highest BCUT2D eigenvalue weighted by molar-refractivity contribution is 5.88. The van der Waals surface area contributed by atoms with E-state index in [1.807, 2.05) is 18.7 Å². The Morgan fingerprint density at radius 2 is 2.08 bits per heavy atom. The molecule has 2 rings (SSSR count). The highest BCUT2D eigenvalue weighted by atomic mass is 35.5. The van der Waals surface area contributed by atoms with Crippen molar-refractivity contribution in [3.05, 3.63) is 0 Å². The first kappa shape index (κ1) is 22.7. The molecule has 2 N–H and O–H groups in total. The van der Waals surface area contributed by atoms with Crippen LogP contribution in [0.3, 0.4) is 0 Å². The molecule has 2 aliphatic heterocycles. The van der Waals surface area contributed by atoms with Crippen LogP contribution in [0.15, 0.2) is 0 Å². The Bertz CT molecular complexity index is 503. The number of piperazine rings is 1. The van der Waals surface area contributed by atoms with Crippen LogP contribution in [0.5, 0.6) is 0 Å². The highest BCUT2D eigenvalue weighted by Gasteiger charge is 2.35. The van der Waals surface area contributed by atoms with Gasteiger partial charge in [-0.15, -0.1) is 12.4 Å². The standard InChI is InChI=1S/C17H30N4O4.ClH/c1-12(2)16(19-14(22)11-25-3)17(24)20-7-4-5-13(10-20)21-8-6-18-9-15(21)23;/h12-13,16,18H,4-11H2,1-3H3,(H,19,22);1H/t13?,16-;/m0./s1. The van der Waals surface area contributed by atoms with Crippen molar-refractivity contribution in [3.8, 4) is 0 Å². The number of carbonyl (C=O) groups excluding carboxylic acids is 3. The molecule has 2 saturated heterocycles. The Hall–Kier alpha value is -1.38. The number of nitrogens with one attached hydrogen (secondary N) is 2. The second-order valence-electron chi connectivity index (χ2n) is 7.07. The first-order valence-electron chi connectivity index (χ1n) is 9.01. The van der Waals surface area contributed by atoms with Crippen LogP contribution in [0, 0.1) is 5.92 Å². The summed E-state index contributed by atoms with van der Waals surface area (Å²) >= 11 is 0. The summed E-state index contributed by atoms with van der Waals surface area (Å²) < 4.78 is 4.83. The first-order valence-corrected chi connectivity index (χ1v) is 9.01. The zero-order valence-corrected chi connectivity index (χ0v) is 16.6. The van der Waals surface area contributed by atoms with Crippen LogP contribution in [-0.2, 0) is 19.1 Å². The second kappa shape index (κ2) is 10.7. The van der Waals surface area contributed by atoms with E-state index >= 15 is 0 Å². The van der Waals surface area contributed by atoms with Crippen molar-refractivity contribution < 1.29 is 19.1 Å². The summed E-state index contributed by atoms with van der Waals surface area (Å²) in [7, 11) is 1.45. The second-order valence-corrected chi connectivity index (χ2v) is 7.07. The number of nitrogens with zero attached hydrogens (tertiary/aromatic N) is 2. The highest BCUT2D eigenvalue weighted by Crippen LogP contribution is 2.19. The molecule has 26 heavy (non-hydrogen) atoms. The minimum atomic E-state index is -0.569. The Balaban J connectivity index is 0.00000338. The maximum absolute atomic E-state index is 12.9. The SMILES string of the molecule is COCC(=O)N[C@H](C(=O)N1CCCC(N2CCNCC2=O)C1)C(C)C.Cl. The van der Waals surface area contributed by atoms with Gasteiger partial charge in [-0.2, -0.15) is 0 Å². The van der Waals surface area contributed by atoms with Gasteiger partial charge in [0.2, 0.25) is 17.7 Å². The molecule has 0 saturated carbocycles. The van der Waals surface area contributed by atoms with Gasteiger partial charge in [-0.05, 0) is 18.8 Å². The lowest BCUT2D eigenvalue weighted by molar-refractivity contribution is -0.143. The van der Waals surface area contributed by atoms with Crippen LogP contribution < -0.4 is 10.6 Å². The van der Waals surface area contributed by atoms with Crippen LogP contribution in [-0.4, -0.2) is 86.0 Å². The van der Waals surface area contributed by atoms with E-state index in [-0.39, 0.29) is 48.7 Å². The molecule has 8 nitrogen and oxygen atoms in total. The molecule has 3 amide bonds. The van der Waals surface area contributed by atoms with E-state index in [1.165, 1.54) is 7.11 Å². The molecule has 150 valence electrons. The molecule has 0 aromatic carbocycles. The van der Waals surface area contributed by atoms with Crippen LogP contribution in [0.1, 0.15) is 26.7 Å². The minimum Gasteiger partial charge on any atom is -0.375 e. The molecule has 0 aliphatic carbocycles. The van der Waals surface area contributed by atoms with Gasteiger partial charge in [-0.1, -0.05) is 13.8 Å². The molecule has 0 radical (unpaired) electrons. The van der Waals surface area contributed by atoms with Crippen molar-refractivity contribution in [2.45, 2.75) is 38.8 Å². The Morgan fingerprint density at radius 3 is 2.69 bits per heavy atom. The lowest BCUT2D eigenvalue weighted by Gasteiger charge is -2.42. The van der Waals surface area contributed by atoms with Gasteiger partial charge in [0.05, 0.1) is 6.54 Å². The van der Waals surface area contributed by atoms with E-state index in [1.54, 1.807) is 4.90 Å². The number of hydrogen-bond acceptors (Lipinski definition) is 5. The summed E-state index contributed by atoms with van der Waals surface area (Å²) in [6, 6.07) is -0.505. The quantitative estimate of drug-likeness (QED) is 0.645. The summed E-state index contributed by atoms with van der Waals surface area (Å²) in [4.78, 5) is 40.6. The molecule has 0 aromatic heterocycles. The fourth-order valence-electron chi connectivity index (χ4n) is 3.47. The van der Waals surface area contributed by atoms with E-state index in [2.05, 4.69) is 10.6 Å². The third-order valence-electron chi connectivity index (χ3n) is 4.80. The van der Waals surface area contributed by atoms with Crippen LogP contribution in [0.4, 0.5) is 0 Å². The molecule has 2 heterocycles. The number of rotatable bonds is 6. The topological polar surface area (TPSA) is 91.0 Å². The number of piperidine rings is 1. The summed E-state index contributed by atoms with van der Waals surface area (Å²) in [5.41, 5.74) is 0. The molecular formula is C17H31ClN4O4. The monoisotopic (exact) mass is 390 g/mol. The molecule has 0 spiro atoms. The van der Waals surface area contributed by atoms with Crippen LogP contribution in [0.2, 0.25) is 0 Å². The largest absolute Gasteiger partial charge is 0.375 e. The van der Waals surface area contributed by atoms with Crippen LogP contribution in [0.25, 0.3) is 0 Å². The molecular weight excluding hydrogens is 360 g/mol. The van der Waals surface area contributed by atoms with Crippen molar-refractivity contribution in [3.63, 3.8) is 0 Å². The Morgan fingerprint density at radius 1 is 1.35 bits per heavy atom. The van der Waals surface area contributed by atoms with Crippen molar-refractivity contribution in [2.75, 3.05) is 46.4 Å². The fraction of sp³-hybridized carbons (Fsp3) is 0.824. The van der Waals surface area contributed by atoms with Gasteiger partial charge < -0.3 is 25.2 Å². The lowest BCUT2D eigenvalue weighted by Crippen LogP contribution is -2.60. The Labute approximate surface area is 161 Å². The predicted octanol–water partition coefficient (Wildman–Crippen LogP) is -0.382. The lowest BCUT2D eigenvalue weighted by atomic mass is 9.98. The number of methoxy groups -OCH3 is 1. The van der Waals surface area contributed by atoms with Crippen molar-refractivity contribution >= 4 is 30.1 Å². The molecule has 1 unspecified atom stereocenters. The number of carbonyl (C=O) groups is 3. The van der Waals surface area contributed by atoms with Gasteiger partial charge in [-0.3, -0.25) is 14.4 Å². The number of halogens is 1. The number of amides is 3. The van der Waals surface area contributed by atoms with Gasteiger partial charge >= 0.3 is 0 Å². The molecule has 2 fully saturated rings. The third kappa shape index (κ3) is 5.82. The zero-order chi connectivity index (χ0) is 18.4. The predicted molar refractivity (Wildman–Crippen MR) is 100 cm³/mol. The Kier molecular flexibility index (Phi) is 9.32. The molecule has 0 bridgehead atoms. The minimum absolute atomic E-state index is 0. The average Bonchev–Trinajstić information content (AvgIpc) is 2.59. The summed E-state index contributed by atoms with van der Waals surface area (Å²) in [5.74, 6) is -0.291. The molecule has 2 aliphatic rings. The molecule has 0 aromatic rings. The summed E-state index contributed by atoms with van der Waals surface area (Å²) in [6.45, 7) is 6.81. The number of ether oxygens (including phenoxy) is 1. The van der Waals surface area contributed by atoms with E-state index in [0.29, 0.717) is 26.2 Å². The van der Waals surface area contributed by atoms with E-state index in [9.17, 15) is 14.4 Å². The summed E-state index contributed by atoms with van der Waals surface area (Å²) in [5, 5.41) is 5.85. The zero-order valence-electron chi connectivity index (χ0n) is 15.8. The average molecular weight is 391 g/mol. The van der Waals surface area contributed by atoms with Gasteiger partial charge in [0.1, 0.15) is 12.6 Å². The van der Waals surface area contributed by atoms with Gasteiger partial charge in [0.25, 0.3) is 0 Å². The summed E-state index contributed by atoms with van der Waals surface area (Å²) in [6.07, 6.45) is 1.78. The van der Waals surface area contributed by atoms with E-state index in [0.717, 1.165) is 19.4 Å². The third-order valence-corrected chi connectivity index (χ3v) is 4.80. The maximum atomic E-state index is 12.9. The smallest absolute Gasteiger partial charge is 0.246 e. The normalized spacial score (nSPS) is 22.0. The maximum Gasteiger partial charge on any atom is 0.246 e. The van der Waals surface area contributed by atoms with Crippen molar-refractivity contribution in [2.24, 2.45) is 5.92 Å². The first-order chi connectivity index (χ1) is 11.9. The van der Waals surface area contributed by atoms with Crippen LogP contribution >= 0.6 is 12.4 Å². The van der Waals surface area contributed by atoms with Gasteiger partial charge in [0, 0.05) is 39.3 Å². The van der Waals surface area contributed by atoms with Crippen molar-refractivity contribution in [1.29, 1.82) is 0 Å².